The maximum absolute atomic E-state index is 13.4. The standard InChI is InChI=1S/C42H50ClN7O8S/c1-41(2)39(42(3,4)40(41)58-29-10-8-26(24-44)31(43)22-29)47-36(52)27-9-14-34(45-25-27)49-19-17-48(18-20-49)16-6-5-7-21-57-28-11-12-30-33(23-28)59(55,56)50(38(30)54)32-13-15-35(51)46-37(32)53/h8-12,14,22-23,25,32,39-40,55-56H,5-7,13,15-21H2,1-4H3,(H,47,52)(H,46,51,53). The molecule has 4 heterocycles. The number of piperazine rings is 1. The first-order chi connectivity index (χ1) is 28.0. The normalized spacial score (nSPS) is 23.7. The van der Waals surface area contributed by atoms with Gasteiger partial charge in [-0.05, 0) is 68.6 Å². The second kappa shape index (κ2) is 16.6. The van der Waals surface area contributed by atoms with E-state index in [0.29, 0.717) is 34.3 Å². The van der Waals surface area contributed by atoms with Crippen LogP contribution in [0.25, 0.3) is 0 Å². The van der Waals surface area contributed by atoms with Crippen LogP contribution in [0.1, 0.15) is 86.1 Å². The molecule has 1 saturated carbocycles. The topological polar surface area (TPSA) is 198 Å². The number of anilines is 1. The number of piperidine rings is 1. The maximum atomic E-state index is 13.4. The quantitative estimate of drug-likeness (QED) is 0.118. The number of amides is 4. The van der Waals surface area contributed by atoms with Gasteiger partial charge in [0.1, 0.15) is 35.5 Å². The van der Waals surface area contributed by atoms with Gasteiger partial charge >= 0.3 is 0 Å². The minimum absolute atomic E-state index is 0.00505. The fourth-order valence-electron chi connectivity index (χ4n) is 9.08. The monoisotopic (exact) mass is 847 g/mol. The third-order valence-electron chi connectivity index (χ3n) is 12.0. The number of hydrogen-bond acceptors (Lipinski definition) is 12. The second-order valence-corrected chi connectivity index (χ2v) is 19.0. The first kappa shape index (κ1) is 42.2. The van der Waals surface area contributed by atoms with Crippen molar-refractivity contribution in [2.45, 2.75) is 82.9 Å². The molecule has 59 heavy (non-hydrogen) atoms. The third kappa shape index (κ3) is 8.31. The molecule has 2 saturated heterocycles. The van der Waals surface area contributed by atoms with Crippen molar-refractivity contribution in [3.63, 3.8) is 0 Å². The summed E-state index contributed by atoms with van der Waals surface area (Å²) in [6.45, 7) is 13.1. The van der Waals surface area contributed by atoms with Gasteiger partial charge in [-0.15, -0.1) is 0 Å². The van der Waals surface area contributed by atoms with Gasteiger partial charge in [-0.3, -0.25) is 38.5 Å². The Morgan fingerprint density at radius 3 is 2.39 bits per heavy atom. The van der Waals surface area contributed by atoms with Gasteiger partial charge in [-0.2, -0.15) is 5.26 Å². The Bertz CT molecular complexity index is 2150. The summed E-state index contributed by atoms with van der Waals surface area (Å²) in [5.74, 6) is -0.217. The molecule has 314 valence electrons. The molecule has 2 aromatic carbocycles. The number of nitriles is 1. The summed E-state index contributed by atoms with van der Waals surface area (Å²) in [6, 6.07) is 14.1. The van der Waals surface area contributed by atoms with Crippen LogP contribution in [-0.4, -0.2) is 104 Å². The summed E-state index contributed by atoms with van der Waals surface area (Å²) in [4.78, 5) is 59.8. The number of unbranched alkanes of at least 4 members (excludes halogenated alkanes) is 2. The van der Waals surface area contributed by atoms with E-state index >= 15 is 0 Å². The second-order valence-electron chi connectivity index (χ2n) is 16.7. The molecule has 4 aliphatic rings. The molecular weight excluding hydrogens is 798 g/mol. The molecule has 0 spiro atoms. The number of rotatable bonds is 13. The van der Waals surface area contributed by atoms with Crippen LogP contribution in [0.5, 0.6) is 11.5 Å². The predicted octanol–water partition coefficient (Wildman–Crippen LogP) is 5.88. The van der Waals surface area contributed by atoms with E-state index in [9.17, 15) is 33.5 Å². The minimum atomic E-state index is -3.78. The molecule has 1 aromatic heterocycles. The Kier molecular flexibility index (Phi) is 11.9. The highest BCUT2D eigenvalue weighted by atomic mass is 35.5. The number of fused-ring (bicyclic) bond motifs is 1. The number of ether oxygens (including phenoxy) is 2. The summed E-state index contributed by atoms with van der Waals surface area (Å²) >= 11 is 6.23. The molecule has 7 rings (SSSR count). The molecule has 4 N–H and O–H groups in total. The lowest BCUT2D eigenvalue weighted by Gasteiger charge is -2.63. The van der Waals surface area contributed by atoms with Crippen LogP contribution in [0.15, 0.2) is 59.6 Å². The fourth-order valence-corrected chi connectivity index (χ4v) is 11.1. The smallest absolute Gasteiger partial charge is 0.274 e. The van der Waals surface area contributed by atoms with Crippen LogP contribution in [0.2, 0.25) is 5.02 Å². The van der Waals surface area contributed by atoms with Crippen molar-refractivity contribution in [3.8, 4) is 17.6 Å². The van der Waals surface area contributed by atoms with E-state index in [-0.39, 0.29) is 52.2 Å². The Morgan fingerprint density at radius 2 is 1.73 bits per heavy atom. The number of hydrogen-bond donors (Lipinski definition) is 4. The maximum Gasteiger partial charge on any atom is 0.274 e. The molecule has 1 unspecified atom stereocenters. The minimum Gasteiger partial charge on any atom is -0.494 e. The average Bonchev–Trinajstić information content (AvgIpc) is 3.40. The highest BCUT2D eigenvalue weighted by Gasteiger charge is 2.64. The van der Waals surface area contributed by atoms with Gasteiger partial charge in [-0.1, -0.05) is 50.1 Å². The summed E-state index contributed by atoms with van der Waals surface area (Å²) in [5.41, 5.74) is 0.224. The lowest BCUT2D eigenvalue weighted by atomic mass is 9.49. The summed E-state index contributed by atoms with van der Waals surface area (Å²) in [6.07, 6.45) is 4.16. The number of benzene rings is 2. The molecule has 3 aliphatic heterocycles. The van der Waals surface area contributed by atoms with Crippen LogP contribution >= 0.6 is 22.4 Å². The predicted molar refractivity (Wildman–Crippen MR) is 222 cm³/mol. The van der Waals surface area contributed by atoms with Crippen LogP contribution in [0.4, 0.5) is 5.82 Å². The van der Waals surface area contributed by atoms with E-state index in [1.807, 2.05) is 12.1 Å². The zero-order valence-corrected chi connectivity index (χ0v) is 35.1. The zero-order chi connectivity index (χ0) is 42.3. The summed E-state index contributed by atoms with van der Waals surface area (Å²) in [7, 11) is -3.78. The van der Waals surface area contributed by atoms with Gasteiger partial charge in [-0.25, -0.2) is 9.29 Å². The van der Waals surface area contributed by atoms with Gasteiger partial charge in [0.2, 0.25) is 5.91 Å². The van der Waals surface area contributed by atoms with Crippen molar-refractivity contribution < 1.29 is 37.8 Å². The first-order valence-electron chi connectivity index (χ1n) is 19.9. The fraction of sp³-hybridized carbons (Fsp3) is 0.476. The largest absolute Gasteiger partial charge is 0.494 e. The molecule has 1 aliphatic carbocycles. The van der Waals surface area contributed by atoms with Crippen molar-refractivity contribution in [1.29, 1.82) is 5.26 Å². The number of nitrogens with zero attached hydrogens (tertiary/aromatic N) is 5. The number of pyridine rings is 1. The number of carbonyl (C=O) groups is 4. The van der Waals surface area contributed by atoms with Gasteiger partial charge < -0.3 is 19.7 Å². The summed E-state index contributed by atoms with van der Waals surface area (Å²) < 4.78 is 35.1. The van der Waals surface area contributed by atoms with E-state index in [2.05, 4.69) is 59.2 Å². The van der Waals surface area contributed by atoms with Crippen LogP contribution in [-0.2, 0) is 9.59 Å². The van der Waals surface area contributed by atoms with Gasteiger partial charge in [0, 0.05) is 67.8 Å². The number of aromatic nitrogens is 1. The molecule has 3 fully saturated rings. The highest BCUT2D eigenvalue weighted by Crippen LogP contribution is 2.61. The number of halogens is 1. The summed E-state index contributed by atoms with van der Waals surface area (Å²) in [5, 5.41) is 14.9. The van der Waals surface area contributed by atoms with E-state index in [1.165, 1.54) is 12.1 Å². The van der Waals surface area contributed by atoms with Crippen LogP contribution in [0.3, 0.4) is 0 Å². The third-order valence-corrected chi connectivity index (χ3v) is 14.2. The van der Waals surface area contributed by atoms with E-state index in [0.717, 1.165) is 62.1 Å². The Morgan fingerprint density at radius 1 is 1.00 bits per heavy atom. The molecular formula is C42H50ClN7O8S. The zero-order valence-electron chi connectivity index (χ0n) is 33.6. The van der Waals surface area contributed by atoms with Crippen LogP contribution < -0.4 is 25.0 Å². The van der Waals surface area contributed by atoms with E-state index < -0.39 is 34.5 Å². The highest BCUT2D eigenvalue weighted by molar-refractivity contribution is 8.23. The average molecular weight is 848 g/mol. The first-order valence-corrected chi connectivity index (χ1v) is 21.7. The van der Waals surface area contributed by atoms with Crippen molar-refractivity contribution in [1.82, 2.24) is 24.8 Å². The van der Waals surface area contributed by atoms with E-state index in [1.54, 1.807) is 30.5 Å². The SMILES string of the molecule is CC1(C)C(NC(=O)c2ccc(N3CCN(CCCCCOc4ccc5c(c4)S(O)(O)N(C4CCC(=O)NC4=O)C5=O)CC3)nc2)C(C)(C)C1Oc1ccc(C#N)c(Cl)c1. The molecule has 4 amide bonds. The van der Waals surface area contributed by atoms with Crippen molar-refractivity contribution >= 4 is 51.8 Å². The lowest BCUT2D eigenvalue weighted by Crippen LogP contribution is -2.74. The van der Waals surface area contributed by atoms with Crippen LogP contribution in [0, 0.1) is 22.2 Å². The molecule has 3 aromatic rings. The van der Waals surface area contributed by atoms with E-state index in [4.69, 9.17) is 21.1 Å². The molecule has 15 nitrogen and oxygen atoms in total. The van der Waals surface area contributed by atoms with Crippen molar-refractivity contribution in [2.24, 2.45) is 10.8 Å². The Hall–Kier alpha value is -4.92. The Balaban J connectivity index is 0.814. The molecule has 0 bridgehead atoms. The number of carbonyl (C=O) groups excluding carboxylic acids is 4. The Labute approximate surface area is 350 Å². The van der Waals surface area contributed by atoms with Gasteiger partial charge in [0.25, 0.3) is 17.7 Å². The molecule has 0 radical (unpaired) electrons. The number of nitrogens with one attached hydrogen (secondary N) is 2. The molecule has 17 heteroatoms. The van der Waals surface area contributed by atoms with Gasteiger partial charge in [0.05, 0.1) is 33.2 Å². The van der Waals surface area contributed by atoms with Gasteiger partial charge in [0.15, 0.2) is 0 Å². The number of imide groups is 1. The van der Waals surface area contributed by atoms with Crippen molar-refractivity contribution in [2.75, 3.05) is 44.2 Å². The lowest BCUT2D eigenvalue weighted by molar-refractivity contribution is -0.164. The molecule has 1 atom stereocenters. The van der Waals surface area contributed by atoms with Crippen molar-refractivity contribution in [3.05, 3.63) is 76.4 Å².